The molecule has 2 heterocycles. The average Bonchev–Trinajstić information content (AvgIpc) is 3.48. The van der Waals surface area contributed by atoms with Crippen LogP contribution in [0.25, 0.3) is 63.0 Å². The second kappa shape index (κ2) is 7.95. The molecule has 0 spiro atoms. The van der Waals surface area contributed by atoms with Gasteiger partial charge in [0.05, 0.1) is 0 Å². The van der Waals surface area contributed by atoms with Gasteiger partial charge in [-0.1, -0.05) is 103 Å². The Labute approximate surface area is 206 Å². The van der Waals surface area contributed by atoms with Gasteiger partial charge in [0.1, 0.15) is 0 Å². The lowest BCUT2D eigenvalue weighted by Gasteiger charge is -2.05. The highest BCUT2D eigenvalue weighted by molar-refractivity contribution is 7.26. The third kappa shape index (κ3) is 3.11. The van der Waals surface area contributed by atoms with Gasteiger partial charge in [0.2, 0.25) is 0 Å². The van der Waals surface area contributed by atoms with Crippen molar-refractivity contribution < 1.29 is 0 Å². The van der Waals surface area contributed by atoms with E-state index in [4.69, 9.17) is 0 Å². The number of thiophene rings is 2. The molecule has 0 saturated carbocycles. The summed E-state index contributed by atoms with van der Waals surface area (Å²) < 4.78 is 2.70. The van der Waals surface area contributed by atoms with Gasteiger partial charge in [-0.15, -0.1) is 22.7 Å². The molecule has 160 valence electrons. The molecule has 7 aromatic rings. The highest BCUT2D eigenvalue weighted by Crippen LogP contribution is 2.48. The molecule has 0 amide bonds. The van der Waals surface area contributed by atoms with Crippen molar-refractivity contribution in [3.63, 3.8) is 0 Å². The normalized spacial score (nSPS) is 11.5. The molecule has 0 saturated heterocycles. The lowest BCUT2D eigenvalue weighted by atomic mass is 9.99. The van der Waals surface area contributed by atoms with E-state index < -0.39 is 0 Å². The Morgan fingerprint density at radius 1 is 0.382 bits per heavy atom. The minimum Gasteiger partial charge on any atom is -0.135 e. The molecule has 2 heteroatoms. The van der Waals surface area contributed by atoms with Gasteiger partial charge in [-0.2, -0.15) is 0 Å². The lowest BCUT2D eigenvalue weighted by Crippen LogP contribution is -1.79. The Morgan fingerprint density at radius 3 is 1.85 bits per heavy atom. The summed E-state index contributed by atoms with van der Waals surface area (Å²) in [4.78, 5) is 2.68. The van der Waals surface area contributed by atoms with Crippen molar-refractivity contribution in [3.8, 4) is 32.0 Å². The van der Waals surface area contributed by atoms with E-state index in [1.165, 1.54) is 63.0 Å². The summed E-state index contributed by atoms with van der Waals surface area (Å²) in [5, 5.41) is 5.38. The van der Waals surface area contributed by atoms with Crippen molar-refractivity contribution in [1.29, 1.82) is 0 Å². The Hall–Kier alpha value is -3.72. The minimum atomic E-state index is 1.25. The van der Waals surface area contributed by atoms with Crippen LogP contribution in [0.15, 0.2) is 121 Å². The van der Waals surface area contributed by atoms with Gasteiger partial charge in [0.15, 0.2) is 0 Å². The summed E-state index contributed by atoms with van der Waals surface area (Å²) in [7, 11) is 0. The highest BCUT2D eigenvalue weighted by Gasteiger charge is 2.18. The van der Waals surface area contributed by atoms with Gasteiger partial charge in [-0.25, -0.2) is 0 Å². The number of benzene rings is 5. The minimum absolute atomic E-state index is 1.25. The van der Waals surface area contributed by atoms with Gasteiger partial charge in [-0.05, 0) is 34.9 Å². The third-order valence-corrected chi connectivity index (χ3v) is 8.94. The fourth-order valence-electron chi connectivity index (χ4n) is 4.94. The maximum Gasteiger partial charge on any atom is 0.0434 e. The molecule has 2 aromatic heterocycles. The molecule has 0 aliphatic carbocycles. The second-order valence-electron chi connectivity index (χ2n) is 8.53. The lowest BCUT2D eigenvalue weighted by molar-refractivity contribution is 1.62. The predicted molar refractivity (Wildman–Crippen MR) is 151 cm³/mol. The van der Waals surface area contributed by atoms with Crippen LogP contribution in [0.2, 0.25) is 0 Å². The Morgan fingerprint density at radius 2 is 1.00 bits per heavy atom. The molecular weight excluding hydrogens is 448 g/mol. The van der Waals surface area contributed by atoms with Crippen LogP contribution in [0, 0.1) is 0 Å². The van der Waals surface area contributed by atoms with E-state index in [-0.39, 0.29) is 0 Å². The van der Waals surface area contributed by atoms with Crippen molar-refractivity contribution in [2.75, 3.05) is 0 Å². The van der Waals surface area contributed by atoms with E-state index in [0.717, 1.165) is 0 Å². The third-order valence-electron chi connectivity index (χ3n) is 6.50. The zero-order valence-corrected chi connectivity index (χ0v) is 20.0. The van der Waals surface area contributed by atoms with Gasteiger partial charge < -0.3 is 0 Å². The van der Waals surface area contributed by atoms with Gasteiger partial charge in [0, 0.05) is 46.3 Å². The van der Waals surface area contributed by atoms with Crippen molar-refractivity contribution in [1.82, 2.24) is 0 Å². The zero-order chi connectivity index (χ0) is 22.5. The number of hydrogen-bond donors (Lipinski definition) is 0. The Balaban J connectivity index is 1.49. The predicted octanol–water partition coefficient (Wildman–Crippen LogP) is 10.3. The highest BCUT2D eigenvalue weighted by atomic mass is 32.1. The summed E-state index contributed by atoms with van der Waals surface area (Å²) in [6.07, 6.45) is 0. The SMILES string of the molecule is c1ccc(-c2cccc(-c3sc(-c4cccc5sc6ccccc6c45)c4ccccc34)c2)cc1. The maximum atomic E-state index is 2.33. The topological polar surface area (TPSA) is 0 Å². The maximum absolute atomic E-state index is 2.33. The quantitative estimate of drug-likeness (QED) is 0.242. The first-order valence-corrected chi connectivity index (χ1v) is 13.1. The van der Waals surface area contributed by atoms with Gasteiger partial charge in [-0.3, -0.25) is 0 Å². The second-order valence-corrected chi connectivity index (χ2v) is 10.6. The van der Waals surface area contributed by atoms with Gasteiger partial charge in [0.25, 0.3) is 0 Å². The monoisotopic (exact) mass is 468 g/mol. The van der Waals surface area contributed by atoms with E-state index in [9.17, 15) is 0 Å². The van der Waals surface area contributed by atoms with Crippen LogP contribution in [-0.4, -0.2) is 0 Å². The molecule has 0 fully saturated rings. The van der Waals surface area contributed by atoms with Crippen LogP contribution in [0.3, 0.4) is 0 Å². The van der Waals surface area contributed by atoms with E-state index in [1.807, 2.05) is 22.7 Å². The van der Waals surface area contributed by atoms with Crippen LogP contribution >= 0.6 is 22.7 Å². The van der Waals surface area contributed by atoms with Crippen molar-refractivity contribution in [2.45, 2.75) is 0 Å². The van der Waals surface area contributed by atoms with Crippen molar-refractivity contribution in [3.05, 3.63) is 121 Å². The molecule has 0 radical (unpaired) electrons. The molecule has 0 aliphatic heterocycles. The van der Waals surface area contributed by atoms with Gasteiger partial charge >= 0.3 is 0 Å². The Bertz CT molecular complexity index is 1800. The summed E-state index contributed by atoms with van der Waals surface area (Å²) in [5.41, 5.74) is 5.11. The van der Waals surface area contributed by atoms with E-state index in [2.05, 4.69) is 121 Å². The number of fused-ring (bicyclic) bond motifs is 4. The van der Waals surface area contributed by atoms with E-state index in [0.29, 0.717) is 0 Å². The van der Waals surface area contributed by atoms with Crippen LogP contribution in [0.5, 0.6) is 0 Å². The smallest absolute Gasteiger partial charge is 0.0434 e. The van der Waals surface area contributed by atoms with E-state index >= 15 is 0 Å². The first-order valence-electron chi connectivity index (χ1n) is 11.4. The number of hydrogen-bond acceptors (Lipinski definition) is 2. The van der Waals surface area contributed by atoms with Crippen LogP contribution < -0.4 is 0 Å². The molecule has 0 nitrogen and oxygen atoms in total. The summed E-state index contributed by atoms with van der Waals surface area (Å²) in [5.74, 6) is 0. The van der Waals surface area contributed by atoms with Crippen LogP contribution in [0.4, 0.5) is 0 Å². The van der Waals surface area contributed by atoms with Crippen molar-refractivity contribution >= 4 is 53.6 Å². The summed E-state index contributed by atoms with van der Waals surface area (Å²) in [6, 6.07) is 44.0. The van der Waals surface area contributed by atoms with E-state index in [1.54, 1.807) is 0 Å². The Kier molecular flexibility index (Phi) is 4.61. The molecule has 7 rings (SSSR count). The first kappa shape index (κ1) is 19.7. The number of rotatable bonds is 3. The zero-order valence-electron chi connectivity index (χ0n) is 18.4. The van der Waals surface area contributed by atoms with Crippen LogP contribution in [-0.2, 0) is 0 Å². The fourth-order valence-corrected chi connectivity index (χ4v) is 7.38. The summed E-state index contributed by atoms with van der Waals surface area (Å²) >= 11 is 3.80. The molecule has 0 bridgehead atoms. The molecule has 5 aromatic carbocycles. The molecule has 0 aliphatic rings. The van der Waals surface area contributed by atoms with Crippen LogP contribution in [0.1, 0.15) is 0 Å². The molecule has 0 atom stereocenters. The molecule has 34 heavy (non-hydrogen) atoms. The average molecular weight is 469 g/mol. The molecule has 0 N–H and O–H groups in total. The fraction of sp³-hybridized carbons (Fsp3) is 0. The first-order chi connectivity index (χ1) is 16.9. The largest absolute Gasteiger partial charge is 0.135 e. The van der Waals surface area contributed by atoms with Crippen molar-refractivity contribution in [2.24, 2.45) is 0 Å². The standard InChI is InChI=1S/C32H20S2/c1-2-10-21(11-3-1)22-12-8-13-23(20-22)31-24-14-4-5-15-25(24)32(34-31)27-17-9-19-29-30(27)26-16-6-7-18-28(26)33-29/h1-20H. The molecule has 0 unspecified atom stereocenters. The molecular formula is C32H20S2. The summed E-state index contributed by atoms with van der Waals surface area (Å²) in [6.45, 7) is 0.